The van der Waals surface area contributed by atoms with Crippen LogP contribution in [0.25, 0.3) is 5.65 Å². The van der Waals surface area contributed by atoms with Gasteiger partial charge in [-0.2, -0.15) is 4.31 Å². The molecule has 4 rings (SSSR count). The van der Waals surface area contributed by atoms with E-state index in [0.717, 1.165) is 4.31 Å². The molecule has 0 radical (unpaired) electrons. The molecule has 3 heterocycles. The maximum Gasteiger partial charge on any atom is 0.424 e. The number of methoxy groups -OCH3 is 1. The van der Waals surface area contributed by atoms with E-state index in [1.807, 2.05) is 4.90 Å². The lowest BCUT2D eigenvalue weighted by Crippen LogP contribution is -2.51. The molecular weight excluding hydrogens is 512 g/mol. The normalized spacial score (nSPS) is 17.4. The summed E-state index contributed by atoms with van der Waals surface area (Å²) in [5.41, 5.74) is 0.146. The predicted octanol–water partition coefficient (Wildman–Crippen LogP) is 2.76. The SMILES string of the molecule is COCc1cnc2c(N3CCN(C(=O)N(C)C)CC3)cc(S(=O)(=O)N(C(=O)OC(C)(C)C)C3(C)CC3)cn12. The number of ether oxygens (including phenoxy) is 2. The van der Waals surface area contributed by atoms with Gasteiger partial charge >= 0.3 is 12.1 Å². The summed E-state index contributed by atoms with van der Waals surface area (Å²) in [6.45, 7) is 9.05. The number of sulfonamides is 1. The van der Waals surface area contributed by atoms with Crippen molar-refractivity contribution < 1.29 is 27.5 Å². The predicted molar refractivity (Wildman–Crippen MR) is 142 cm³/mol. The summed E-state index contributed by atoms with van der Waals surface area (Å²) in [6, 6.07) is 1.50. The number of fused-ring (bicyclic) bond motifs is 1. The lowest BCUT2D eigenvalue weighted by Gasteiger charge is -2.37. The molecule has 0 aromatic carbocycles. The third-order valence-electron chi connectivity index (χ3n) is 6.77. The molecule has 13 heteroatoms. The number of anilines is 1. The van der Waals surface area contributed by atoms with Crippen LogP contribution in [-0.2, 0) is 26.1 Å². The minimum atomic E-state index is -4.29. The Balaban J connectivity index is 1.78. The topological polar surface area (TPSA) is 117 Å². The maximum atomic E-state index is 14.1. The molecule has 0 atom stereocenters. The number of hydrogen-bond donors (Lipinski definition) is 0. The van der Waals surface area contributed by atoms with Gasteiger partial charge in [-0.3, -0.25) is 4.40 Å². The van der Waals surface area contributed by atoms with Crippen LogP contribution in [0.5, 0.6) is 0 Å². The van der Waals surface area contributed by atoms with Crippen LogP contribution in [0, 0.1) is 0 Å². The number of carbonyl (C=O) groups excluding carboxylic acids is 2. The second-order valence-electron chi connectivity index (χ2n) is 11.3. The highest BCUT2D eigenvalue weighted by Crippen LogP contribution is 2.45. The minimum absolute atomic E-state index is 0.0406. The zero-order chi connectivity index (χ0) is 28.0. The number of pyridine rings is 1. The quantitative estimate of drug-likeness (QED) is 0.539. The highest BCUT2D eigenvalue weighted by atomic mass is 32.2. The van der Waals surface area contributed by atoms with E-state index in [2.05, 4.69) is 4.98 Å². The van der Waals surface area contributed by atoms with E-state index >= 15 is 0 Å². The van der Waals surface area contributed by atoms with Gasteiger partial charge in [-0.1, -0.05) is 0 Å². The Morgan fingerprint density at radius 3 is 2.29 bits per heavy atom. The first-order chi connectivity index (χ1) is 17.7. The number of imidazole rings is 1. The maximum absolute atomic E-state index is 14.1. The number of hydrogen-bond acceptors (Lipinski definition) is 8. The fourth-order valence-electron chi connectivity index (χ4n) is 4.54. The number of carbonyl (C=O) groups is 2. The summed E-state index contributed by atoms with van der Waals surface area (Å²) in [7, 11) is 0.689. The zero-order valence-corrected chi connectivity index (χ0v) is 24.0. The first-order valence-electron chi connectivity index (χ1n) is 12.7. The number of nitrogens with zero attached hydrogens (tertiary/aromatic N) is 6. The molecule has 2 fully saturated rings. The highest BCUT2D eigenvalue weighted by molar-refractivity contribution is 7.89. The van der Waals surface area contributed by atoms with Gasteiger partial charge in [0.1, 0.15) is 10.5 Å². The van der Waals surface area contributed by atoms with Crippen LogP contribution in [0.4, 0.5) is 15.3 Å². The smallest absolute Gasteiger partial charge is 0.424 e. The Hall–Kier alpha value is -3.06. The summed E-state index contributed by atoms with van der Waals surface area (Å²) in [6.07, 6.45) is 3.37. The van der Waals surface area contributed by atoms with E-state index in [4.69, 9.17) is 9.47 Å². The lowest BCUT2D eigenvalue weighted by molar-refractivity contribution is 0.0331. The van der Waals surface area contributed by atoms with Crippen LogP contribution >= 0.6 is 0 Å². The number of aromatic nitrogens is 2. The largest absolute Gasteiger partial charge is 0.443 e. The van der Waals surface area contributed by atoms with Gasteiger partial charge in [0, 0.05) is 53.6 Å². The van der Waals surface area contributed by atoms with E-state index < -0.39 is 27.3 Å². The van der Waals surface area contributed by atoms with Crippen LogP contribution in [0.2, 0.25) is 0 Å². The number of amides is 3. The van der Waals surface area contributed by atoms with Crippen LogP contribution < -0.4 is 4.90 Å². The monoisotopic (exact) mass is 550 g/mol. The molecule has 38 heavy (non-hydrogen) atoms. The van der Waals surface area contributed by atoms with Crippen molar-refractivity contribution in [1.82, 2.24) is 23.5 Å². The fourth-order valence-corrected chi connectivity index (χ4v) is 6.25. The number of rotatable bonds is 6. The van der Waals surface area contributed by atoms with Gasteiger partial charge < -0.3 is 24.2 Å². The molecule has 12 nitrogen and oxygen atoms in total. The molecule has 2 aromatic heterocycles. The summed E-state index contributed by atoms with van der Waals surface area (Å²) in [4.78, 5) is 35.5. The van der Waals surface area contributed by atoms with Gasteiger partial charge in [-0.15, -0.1) is 0 Å². The summed E-state index contributed by atoms with van der Waals surface area (Å²) < 4.78 is 41.7. The average molecular weight is 551 g/mol. The van der Waals surface area contributed by atoms with Gasteiger partial charge in [0.05, 0.1) is 29.7 Å². The van der Waals surface area contributed by atoms with Crippen molar-refractivity contribution in [3.8, 4) is 0 Å². The molecule has 2 aromatic rings. The van der Waals surface area contributed by atoms with Crippen LogP contribution in [0.15, 0.2) is 23.4 Å². The molecule has 0 unspecified atom stereocenters. The standard InChI is InChI=1S/C25H38N6O6S/c1-24(2,3)37-23(33)31(25(4)8-9-25)38(34,35)19-14-20(21-26-15-18(17-36-7)30(21)16-19)28-10-12-29(13-11-28)22(32)27(5)6/h14-16H,8-13,17H2,1-7H3. The molecule has 1 aliphatic carbocycles. The molecule has 210 valence electrons. The van der Waals surface area contributed by atoms with Gasteiger partial charge in [0.2, 0.25) is 0 Å². The molecule has 2 aliphatic rings. The van der Waals surface area contributed by atoms with Gasteiger partial charge in [0.25, 0.3) is 10.0 Å². The van der Waals surface area contributed by atoms with E-state index in [1.165, 1.54) is 11.1 Å². The first-order valence-corrected chi connectivity index (χ1v) is 14.1. The number of urea groups is 1. The Morgan fingerprint density at radius 2 is 1.76 bits per heavy atom. The van der Waals surface area contributed by atoms with Crippen molar-refractivity contribution in [2.45, 2.75) is 63.2 Å². The van der Waals surface area contributed by atoms with Gasteiger partial charge in [-0.25, -0.2) is 23.0 Å². The van der Waals surface area contributed by atoms with Crippen LogP contribution in [-0.4, -0.2) is 103 Å². The molecule has 1 aliphatic heterocycles. The lowest BCUT2D eigenvalue weighted by atomic mass is 10.2. The average Bonchev–Trinajstić information content (AvgIpc) is 3.42. The van der Waals surface area contributed by atoms with Crippen molar-refractivity contribution in [3.05, 3.63) is 24.2 Å². The van der Waals surface area contributed by atoms with E-state index in [1.54, 1.807) is 70.5 Å². The summed E-state index contributed by atoms with van der Waals surface area (Å²) in [5.74, 6) is 0. The van der Waals surface area contributed by atoms with Crippen LogP contribution in [0.3, 0.4) is 0 Å². The second kappa shape index (κ2) is 9.92. The Bertz CT molecular complexity index is 1320. The molecule has 1 saturated heterocycles. The zero-order valence-electron chi connectivity index (χ0n) is 23.2. The van der Waals surface area contributed by atoms with Crippen molar-refractivity contribution in [3.63, 3.8) is 0 Å². The third kappa shape index (κ3) is 5.39. The third-order valence-corrected chi connectivity index (χ3v) is 8.65. The van der Waals surface area contributed by atoms with Gasteiger partial charge in [-0.05, 0) is 46.6 Å². The fraction of sp³-hybridized carbons (Fsp3) is 0.640. The second-order valence-corrected chi connectivity index (χ2v) is 13.1. The van der Waals surface area contributed by atoms with Crippen molar-refractivity contribution >= 4 is 33.5 Å². The van der Waals surface area contributed by atoms with Gasteiger partial charge in [0.15, 0.2) is 5.65 Å². The highest BCUT2D eigenvalue weighted by Gasteiger charge is 2.53. The van der Waals surface area contributed by atoms with E-state index in [-0.39, 0.29) is 17.5 Å². The summed E-state index contributed by atoms with van der Waals surface area (Å²) in [5, 5.41) is 0. The van der Waals surface area contributed by atoms with Crippen molar-refractivity contribution in [1.29, 1.82) is 0 Å². The molecule has 1 saturated carbocycles. The Labute approximate surface area is 224 Å². The van der Waals surface area contributed by atoms with E-state index in [0.29, 0.717) is 56.0 Å². The summed E-state index contributed by atoms with van der Waals surface area (Å²) >= 11 is 0. The molecule has 0 bridgehead atoms. The van der Waals surface area contributed by atoms with Crippen molar-refractivity contribution in [2.75, 3.05) is 52.3 Å². The minimum Gasteiger partial charge on any atom is -0.443 e. The van der Waals surface area contributed by atoms with Crippen LogP contribution in [0.1, 0.15) is 46.2 Å². The van der Waals surface area contributed by atoms with Crippen molar-refractivity contribution in [2.24, 2.45) is 0 Å². The van der Waals surface area contributed by atoms with E-state index in [9.17, 15) is 18.0 Å². The number of piperazine rings is 1. The molecular formula is C25H38N6O6S. The Kier molecular flexibility index (Phi) is 7.30. The molecule has 0 N–H and O–H groups in total. The molecule has 0 spiro atoms. The Morgan fingerprint density at radius 1 is 1.13 bits per heavy atom. The molecule has 3 amide bonds. The first kappa shape index (κ1) is 28.0.